The molecular formula is C19H38O4. The molecule has 0 aromatic rings. The lowest BCUT2D eigenvalue weighted by Crippen LogP contribution is -2.23. The van der Waals surface area contributed by atoms with Crippen LogP contribution in [0.25, 0.3) is 0 Å². The minimum Gasteiger partial charge on any atom is -0.481 e. The molecule has 0 aromatic heterocycles. The zero-order valence-corrected chi connectivity index (χ0v) is 16.1. The Morgan fingerprint density at radius 3 is 1.39 bits per heavy atom. The molecule has 0 unspecified atom stereocenters. The van der Waals surface area contributed by atoms with Crippen LogP contribution in [0.3, 0.4) is 0 Å². The first kappa shape index (κ1) is 24.2. The number of carboxylic acid groups (broad SMARTS) is 2. The Kier molecular flexibility index (Phi) is 13.0. The zero-order chi connectivity index (χ0) is 18.5. The van der Waals surface area contributed by atoms with Gasteiger partial charge in [0.2, 0.25) is 0 Å². The van der Waals surface area contributed by atoms with Gasteiger partial charge in [-0.05, 0) is 40.5 Å². The van der Waals surface area contributed by atoms with Crippen LogP contribution in [-0.2, 0) is 9.59 Å². The van der Waals surface area contributed by atoms with Crippen LogP contribution >= 0.6 is 0 Å². The maximum Gasteiger partial charge on any atom is 0.309 e. The smallest absolute Gasteiger partial charge is 0.309 e. The van der Waals surface area contributed by atoms with Gasteiger partial charge in [-0.25, -0.2) is 0 Å². The Hall–Kier alpha value is -1.06. The van der Waals surface area contributed by atoms with Gasteiger partial charge < -0.3 is 10.2 Å². The largest absolute Gasteiger partial charge is 0.481 e. The summed E-state index contributed by atoms with van der Waals surface area (Å²) in [6.07, 6.45) is 10.2. The Balaban J connectivity index is 0. The molecule has 0 spiro atoms. The second-order valence-electron chi connectivity index (χ2n) is 7.60. The van der Waals surface area contributed by atoms with Crippen molar-refractivity contribution in [2.45, 2.75) is 99.3 Å². The van der Waals surface area contributed by atoms with Crippen LogP contribution < -0.4 is 0 Å². The average Bonchev–Trinajstić information content (AvgIpc) is 2.46. The molecule has 0 heterocycles. The first-order chi connectivity index (χ1) is 10.5. The summed E-state index contributed by atoms with van der Waals surface area (Å²) >= 11 is 0. The molecule has 0 bridgehead atoms. The van der Waals surface area contributed by atoms with E-state index in [1.807, 2.05) is 20.8 Å². The molecule has 138 valence electrons. The lowest BCUT2D eigenvalue weighted by Gasteiger charge is -2.18. The van der Waals surface area contributed by atoms with Gasteiger partial charge in [0.1, 0.15) is 0 Å². The normalized spacial score (nSPS) is 11.6. The monoisotopic (exact) mass is 330 g/mol. The van der Waals surface area contributed by atoms with E-state index in [1.54, 1.807) is 13.8 Å². The predicted molar refractivity (Wildman–Crippen MR) is 95.7 cm³/mol. The van der Waals surface area contributed by atoms with Gasteiger partial charge in [0.15, 0.2) is 0 Å². The van der Waals surface area contributed by atoms with Gasteiger partial charge in [0.05, 0.1) is 10.8 Å². The van der Waals surface area contributed by atoms with Gasteiger partial charge >= 0.3 is 11.9 Å². The van der Waals surface area contributed by atoms with E-state index in [9.17, 15) is 9.59 Å². The highest BCUT2D eigenvalue weighted by Crippen LogP contribution is 2.24. The van der Waals surface area contributed by atoms with E-state index in [1.165, 1.54) is 38.5 Å². The first-order valence-corrected chi connectivity index (χ1v) is 8.98. The fourth-order valence-corrected chi connectivity index (χ4v) is 1.78. The van der Waals surface area contributed by atoms with Crippen LogP contribution in [0.1, 0.15) is 99.3 Å². The van der Waals surface area contributed by atoms with Gasteiger partial charge in [-0.2, -0.15) is 0 Å². The lowest BCUT2D eigenvalue weighted by atomic mass is 9.87. The molecule has 0 saturated carbocycles. The summed E-state index contributed by atoms with van der Waals surface area (Å²) in [6.45, 7) is 11.1. The molecule has 23 heavy (non-hydrogen) atoms. The van der Waals surface area contributed by atoms with Crippen molar-refractivity contribution in [2.75, 3.05) is 0 Å². The number of hydrogen-bond acceptors (Lipinski definition) is 2. The van der Waals surface area contributed by atoms with E-state index >= 15 is 0 Å². The highest BCUT2D eigenvalue weighted by atomic mass is 16.4. The molecule has 0 aromatic carbocycles. The third-order valence-electron chi connectivity index (χ3n) is 4.45. The number of aliphatic carboxylic acids is 2. The summed E-state index contributed by atoms with van der Waals surface area (Å²) < 4.78 is 0. The van der Waals surface area contributed by atoms with Crippen molar-refractivity contribution in [3.63, 3.8) is 0 Å². The van der Waals surface area contributed by atoms with E-state index in [2.05, 4.69) is 6.92 Å². The Bertz CT molecular complexity index is 332. The fourth-order valence-electron chi connectivity index (χ4n) is 1.78. The number of hydrogen-bond donors (Lipinski definition) is 2. The van der Waals surface area contributed by atoms with E-state index < -0.39 is 22.8 Å². The summed E-state index contributed by atoms with van der Waals surface area (Å²) in [5.41, 5.74) is -1.08. The number of rotatable bonds is 11. The van der Waals surface area contributed by atoms with E-state index in [0.29, 0.717) is 6.42 Å². The first-order valence-electron chi connectivity index (χ1n) is 8.98. The maximum atomic E-state index is 10.8. The number of carboxylic acids is 2. The highest BCUT2D eigenvalue weighted by Gasteiger charge is 2.25. The summed E-state index contributed by atoms with van der Waals surface area (Å²) in [7, 11) is 0. The van der Waals surface area contributed by atoms with Crippen molar-refractivity contribution in [3.8, 4) is 0 Å². The Morgan fingerprint density at radius 1 is 0.696 bits per heavy atom. The van der Waals surface area contributed by atoms with Gasteiger partial charge in [-0.1, -0.05) is 58.8 Å². The second kappa shape index (κ2) is 12.4. The van der Waals surface area contributed by atoms with Crippen LogP contribution in [-0.4, -0.2) is 22.2 Å². The van der Waals surface area contributed by atoms with Gasteiger partial charge in [0, 0.05) is 0 Å². The molecule has 0 aliphatic heterocycles. The zero-order valence-electron chi connectivity index (χ0n) is 16.1. The van der Waals surface area contributed by atoms with Gasteiger partial charge in [-0.15, -0.1) is 0 Å². The molecule has 0 rings (SSSR count). The second-order valence-corrected chi connectivity index (χ2v) is 7.60. The van der Waals surface area contributed by atoms with Crippen molar-refractivity contribution in [1.29, 1.82) is 0 Å². The number of unbranched alkanes of at least 4 members (excludes halogenated alkanes) is 6. The van der Waals surface area contributed by atoms with E-state index in [0.717, 1.165) is 12.8 Å². The molecular weight excluding hydrogens is 292 g/mol. The molecule has 0 amide bonds. The van der Waals surface area contributed by atoms with Crippen molar-refractivity contribution in [1.82, 2.24) is 0 Å². The summed E-state index contributed by atoms with van der Waals surface area (Å²) in [4.78, 5) is 21.1. The van der Waals surface area contributed by atoms with Crippen molar-refractivity contribution in [2.24, 2.45) is 10.8 Å². The molecule has 0 aliphatic carbocycles. The molecule has 0 saturated heterocycles. The van der Waals surface area contributed by atoms with Crippen LogP contribution in [0.2, 0.25) is 0 Å². The van der Waals surface area contributed by atoms with Crippen LogP contribution in [0, 0.1) is 10.8 Å². The average molecular weight is 331 g/mol. The summed E-state index contributed by atoms with van der Waals surface area (Å²) in [6, 6.07) is 0. The molecule has 0 radical (unpaired) electrons. The van der Waals surface area contributed by atoms with E-state index in [4.69, 9.17) is 10.2 Å². The molecule has 0 atom stereocenters. The molecule has 4 heteroatoms. The molecule has 0 fully saturated rings. The summed E-state index contributed by atoms with van der Waals surface area (Å²) in [5.74, 6) is -1.39. The predicted octanol–water partition coefficient (Wildman–Crippen LogP) is 5.75. The minimum absolute atomic E-state index is 0.538. The van der Waals surface area contributed by atoms with Gasteiger partial charge in [-0.3, -0.25) is 9.59 Å². The maximum absolute atomic E-state index is 10.8. The Morgan fingerprint density at radius 2 is 1.09 bits per heavy atom. The Labute approximate surface area is 142 Å². The topological polar surface area (TPSA) is 74.6 Å². The third kappa shape index (κ3) is 13.1. The fraction of sp³-hybridized carbons (Fsp3) is 0.895. The standard InChI is InChI=1S/C13H26O2.C6H12O2/c1-4-5-6-7-8-9-10-11-13(2,3)12(14)15;1-4-6(2,3)5(7)8/h4-11H2,1-3H3,(H,14,15);4H2,1-3H3,(H,7,8). The van der Waals surface area contributed by atoms with Crippen molar-refractivity contribution >= 4 is 11.9 Å². The third-order valence-corrected chi connectivity index (χ3v) is 4.45. The minimum atomic E-state index is -0.722. The van der Waals surface area contributed by atoms with Crippen LogP contribution in [0.5, 0.6) is 0 Å². The van der Waals surface area contributed by atoms with Gasteiger partial charge in [0.25, 0.3) is 0 Å². The van der Waals surface area contributed by atoms with Crippen molar-refractivity contribution in [3.05, 3.63) is 0 Å². The quantitative estimate of drug-likeness (QED) is 0.473. The van der Waals surface area contributed by atoms with Crippen LogP contribution in [0.15, 0.2) is 0 Å². The molecule has 2 N–H and O–H groups in total. The van der Waals surface area contributed by atoms with Crippen molar-refractivity contribution < 1.29 is 19.8 Å². The van der Waals surface area contributed by atoms with Crippen LogP contribution in [0.4, 0.5) is 0 Å². The highest BCUT2D eigenvalue weighted by molar-refractivity contribution is 5.73. The molecule has 0 aliphatic rings. The molecule has 4 nitrogen and oxygen atoms in total. The lowest BCUT2D eigenvalue weighted by molar-refractivity contribution is -0.148. The SMILES string of the molecule is CCC(C)(C)C(=O)O.CCCCCCCCCC(C)(C)C(=O)O. The number of carbonyl (C=O) groups is 2. The van der Waals surface area contributed by atoms with E-state index in [-0.39, 0.29) is 0 Å². The summed E-state index contributed by atoms with van der Waals surface area (Å²) in [5, 5.41) is 17.4.